The summed E-state index contributed by atoms with van der Waals surface area (Å²) in [6.45, 7) is 2.22. The van der Waals surface area contributed by atoms with Crippen LogP contribution < -0.4 is 0 Å². The molecule has 1 aliphatic rings. The molecule has 0 spiro atoms. The van der Waals surface area contributed by atoms with Crippen molar-refractivity contribution in [2.75, 3.05) is 0 Å². The van der Waals surface area contributed by atoms with E-state index in [1.807, 2.05) is 0 Å². The second kappa shape index (κ2) is 3.55. The van der Waals surface area contributed by atoms with E-state index in [0.29, 0.717) is 11.6 Å². The fourth-order valence-electron chi connectivity index (χ4n) is 2.46. The SMILES string of the molecule is CC1CCc2c(cnc3c(C(=O)O)cnn23)C1. The molecular formula is C12H13N3O2. The minimum atomic E-state index is -0.975. The van der Waals surface area contributed by atoms with Crippen LogP contribution in [-0.2, 0) is 12.8 Å². The van der Waals surface area contributed by atoms with Gasteiger partial charge in [-0.1, -0.05) is 6.92 Å². The molecule has 2 aromatic heterocycles. The van der Waals surface area contributed by atoms with Crippen LogP contribution >= 0.6 is 0 Å². The van der Waals surface area contributed by atoms with Gasteiger partial charge in [0.2, 0.25) is 0 Å². The Hall–Kier alpha value is -1.91. The van der Waals surface area contributed by atoms with Crippen LogP contribution in [0.1, 0.15) is 35.0 Å². The Bertz CT molecular complexity index is 603. The predicted molar refractivity (Wildman–Crippen MR) is 61.1 cm³/mol. The van der Waals surface area contributed by atoms with E-state index in [-0.39, 0.29) is 5.56 Å². The fourth-order valence-corrected chi connectivity index (χ4v) is 2.46. The maximum atomic E-state index is 11.0. The van der Waals surface area contributed by atoms with E-state index < -0.39 is 5.97 Å². The van der Waals surface area contributed by atoms with E-state index in [4.69, 9.17) is 5.11 Å². The molecule has 1 atom stereocenters. The minimum absolute atomic E-state index is 0.173. The average molecular weight is 231 g/mol. The molecule has 1 aliphatic carbocycles. The van der Waals surface area contributed by atoms with Gasteiger partial charge in [0.25, 0.3) is 0 Å². The van der Waals surface area contributed by atoms with Crippen LogP contribution in [0.4, 0.5) is 0 Å². The lowest BCUT2D eigenvalue weighted by atomic mass is 9.89. The highest BCUT2D eigenvalue weighted by Crippen LogP contribution is 2.25. The molecule has 0 saturated carbocycles. The Morgan fingerprint density at radius 1 is 1.53 bits per heavy atom. The number of rotatable bonds is 1. The largest absolute Gasteiger partial charge is 0.477 e. The first-order chi connectivity index (χ1) is 8.16. The number of fused-ring (bicyclic) bond motifs is 3. The quantitative estimate of drug-likeness (QED) is 0.808. The summed E-state index contributed by atoms with van der Waals surface area (Å²) >= 11 is 0. The van der Waals surface area contributed by atoms with Gasteiger partial charge in [0, 0.05) is 11.9 Å². The number of hydrogen-bond acceptors (Lipinski definition) is 3. The summed E-state index contributed by atoms with van der Waals surface area (Å²) in [4.78, 5) is 15.2. The van der Waals surface area contributed by atoms with Crippen LogP contribution in [0.15, 0.2) is 12.4 Å². The fraction of sp³-hybridized carbons (Fsp3) is 0.417. The molecule has 0 bridgehead atoms. The molecule has 17 heavy (non-hydrogen) atoms. The number of aryl methyl sites for hydroxylation is 1. The molecule has 5 nitrogen and oxygen atoms in total. The number of nitrogens with zero attached hydrogens (tertiary/aromatic N) is 3. The first kappa shape index (κ1) is 10.3. The molecule has 3 rings (SSSR count). The molecule has 1 unspecified atom stereocenters. The molecule has 1 N–H and O–H groups in total. The summed E-state index contributed by atoms with van der Waals surface area (Å²) in [6.07, 6.45) is 6.24. The zero-order chi connectivity index (χ0) is 12.0. The van der Waals surface area contributed by atoms with Crippen LogP contribution in [-0.4, -0.2) is 25.7 Å². The number of carboxylic acid groups (broad SMARTS) is 1. The third-order valence-electron chi connectivity index (χ3n) is 3.39. The molecule has 0 fully saturated rings. The van der Waals surface area contributed by atoms with Crippen molar-refractivity contribution in [2.45, 2.75) is 26.2 Å². The molecule has 5 heteroatoms. The highest BCUT2D eigenvalue weighted by Gasteiger charge is 2.21. The first-order valence-electron chi connectivity index (χ1n) is 5.74. The van der Waals surface area contributed by atoms with Gasteiger partial charge in [-0.25, -0.2) is 14.3 Å². The van der Waals surface area contributed by atoms with Crippen LogP contribution in [0.2, 0.25) is 0 Å². The Balaban J connectivity index is 2.23. The lowest BCUT2D eigenvalue weighted by molar-refractivity contribution is 0.0698. The Morgan fingerprint density at radius 3 is 3.12 bits per heavy atom. The Kier molecular flexibility index (Phi) is 2.14. The van der Waals surface area contributed by atoms with Gasteiger partial charge in [-0.05, 0) is 30.7 Å². The smallest absolute Gasteiger partial charge is 0.341 e. The van der Waals surface area contributed by atoms with E-state index in [1.165, 1.54) is 11.8 Å². The Labute approximate surface area is 98.1 Å². The van der Waals surface area contributed by atoms with Gasteiger partial charge in [0.05, 0.1) is 6.20 Å². The van der Waals surface area contributed by atoms with Crippen molar-refractivity contribution in [3.63, 3.8) is 0 Å². The van der Waals surface area contributed by atoms with E-state index in [0.717, 1.165) is 25.0 Å². The molecule has 0 aliphatic heterocycles. The maximum Gasteiger partial charge on any atom is 0.341 e. The van der Waals surface area contributed by atoms with Crippen molar-refractivity contribution in [1.82, 2.24) is 14.6 Å². The Morgan fingerprint density at radius 2 is 2.35 bits per heavy atom. The van der Waals surface area contributed by atoms with Gasteiger partial charge in [0.15, 0.2) is 5.65 Å². The lowest BCUT2D eigenvalue weighted by Crippen LogP contribution is -2.16. The zero-order valence-electron chi connectivity index (χ0n) is 9.55. The highest BCUT2D eigenvalue weighted by molar-refractivity contribution is 5.94. The van der Waals surface area contributed by atoms with Crippen molar-refractivity contribution in [3.05, 3.63) is 29.2 Å². The summed E-state index contributed by atoms with van der Waals surface area (Å²) in [6, 6.07) is 0. The highest BCUT2D eigenvalue weighted by atomic mass is 16.4. The number of aromatic nitrogens is 3. The van der Waals surface area contributed by atoms with Gasteiger partial charge in [-0.3, -0.25) is 0 Å². The van der Waals surface area contributed by atoms with Crippen LogP contribution in [0.3, 0.4) is 0 Å². The molecular weight excluding hydrogens is 218 g/mol. The third-order valence-corrected chi connectivity index (χ3v) is 3.39. The van der Waals surface area contributed by atoms with Crippen LogP contribution in [0, 0.1) is 5.92 Å². The number of carboxylic acids is 1. The van der Waals surface area contributed by atoms with Crippen LogP contribution in [0.25, 0.3) is 5.65 Å². The summed E-state index contributed by atoms with van der Waals surface area (Å²) in [7, 11) is 0. The molecule has 0 amide bonds. The normalized spacial score (nSPS) is 19.2. The molecule has 88 valence electrons. The van der Waals surface area contributed by atoms with Crippen molar-refractivity contribution in [3.8, 4) is 0 Å². The van der Waals surface area contributed by atoms with Gasteiger partial charge < -0.3 is 5.11 Å². The summed E-state index contributed by atoms with van der Waals surface area (Å²) in [5.41, 5.74) is 2.93. The maximum absolute atomic E-state index is 11.0. The summed E-state index contributed by atoms with van der Waals surface area (Å²) in [5.74, 6) is -0.312. The summed E-state index contributed by atoms with van der Waals surface area (Å²) < 4.78 is 1.69. The van der Waals surface area contributed by atoms with Gasteiger partial charge in [-0.2, -0.15) is 5.10 Å². The molecule has 2 heterocycles. The van der Waals surface area contributed by atoms with Gasteiger partial charge >= 0.3 is 5.97 Å². The minimum Gasteiger partial charge on any atom is -0.477 e. The van der Waals surface area contributed by atoms with E-state index >= 15 is 0 Å². The second-order valence-electron chi connectivity index (χ2n) is 4.68. The van der Waals surface area contributed by atoms with E-state index in [9.17, 15) is 4.79 Å². The third kappa shape index (κ3) is 1.50. The molecule has 2 aromatic rings. The van der Waals surface area contributed by atoms with Crippen LogP contribution in [0.5, 0.6) is 0 Å². The first-order valence-corrected chi connectivity index (χ1v) is 5.74. The van der Waals surface area contributed by atoms with Crippen molar-refractivity contribution in [1.29, 1.82) is 0 Å². The number of hydrogen-bond donors (Lipinski definition) is 1. The van der Waals surface area contributed by atoms with Crippen molar-refractivity contribution in [2.24, 2.45) is 5.92 Å². The van der Waals surface area contributed by atoms with E-state index in [2.05, 4.69) is 17.0 Å². The monoisotopic (exact) mass is 231 g/mol. The van der Waals surface area contributed by atoms with E-state index in [1.54, 1.807) is 10.7 Å². The second-order valence-corrected chi connectivity index (χ2v) is 4.68. The van der Waals surface area contributed by atoms with Crippen molar-refractivity contribution >= 4 is 11.6 Å². The topological polar surface area (TPSA) is 67.5 Å². The predicted octanol–water partition coefficient (Wildman–Crippen LogP) is 1.55. The zero-order valence-corrected chi connectivity index (χ0v) is 9.55. The molecule has 0 aromatic carbocycles. The van der Waals surface area contributed by atoms with Crippen molar-refractivity contribution < 1.29 is 9.90 Å². The van der Waals surface area contributed by atoms with Gasteiger partial charge in [-0.15, -0.1) is 0 Å². The lowest BCUT2D eigenvalue weighted by Gasteiger charge is -2.21. The number of carbonyl (C=O) groups is 1. The molecule has 0 radical (unpaired) electrons. The van der Waals surface area contributed by atoms with Gasteiger partial charge in [0.1, 0.15) is 5.56 Å². The average Bonchev–Trinajstić information content (AvgIpc) is 2.72. The summed E-state index contributed by atoms with van der Waals surface area (Å²) in [5, 5.41) is 13.2. The standard InChI is InChI=1S/C12H13N3O2/c1-7-2-3-10-8(4-7)5-13-11-9(12(16)17)6-14-15(10)11/h5-7H,2-4H2,1H3,(H,16,17). The molecule has 0 saturated heterocycles. The number of aromatic carboxylic acids is 1.